The molecule has 3 rings (SSSR count). The van der Waals surface area contributed by atoms with Gasteiger partial charge in [-0.3, -0.25) is 0 Å². The summed E-state index contributed by atoms with van der Waals surface area (Å²) in [5.41, 5.74) is 4.07. The van der Waals surface area contributed by atoms with Crippen LogP contribution in [0.15, 0.2) is 28.1 Å². The molecule has 0 bridgehead atoms. The Morgan fingerprint density at radius 1 is 1.28 bits per heavy atom. The van der Waals surface area contributed by atoms with E-state index in [0.717, 1.165) is 21.7 Å². The van der Waals surface area contributed by atoms with E-state index in [2.05, 4.69) is 35.9 Å². The number of aromatic nitrogens is 2. The van der Waals surface area contributed by atoms with E-state index < -0.39 is 0 Å². The van der Waals surface area contributed by atoms with Gasteiger partial charge in [-0.1, -0.05) is 13.8 Å². The highest BCUT2D eigenvalue weighted by Gasteiger charge is 2.14. The van der Waals surface area contributed by atoms with Crippen LogP contribution in [0.3, 0.4) is 0 Å². The van der Waals surface area contributed by atoms with Gasteiger partial charge in [-0.05, 0) is 23.6 Å². The van der Waals surface area contributed by atoms with Crippen LogP contribution in [0.1, 0.15) is 31.2 Å². The zero-order valence-corrected chi connectivity index (χ0v) is 11.4. The number of nitrogens with zero attached hydrogens (tertiary/aromatic N) is 2. The summed E-state index contributed by atoms with van der Waals surface area (Å²) in [6.45, 7) is 6.24. The number of oxazole rings is 1. The molecule has 0 saturated heterocycles. The molecule has 0 atom stereocenters. The van der Waals surface area contributed by atoms with Crippen LogP contribution in [0.4, 0.5) is 0 Å². The monoisotopic (exact) mass is 258 g/mol. The van der Waals surface area contributed by atoms with Crippen molar-refractivity contribution in [3.05, 3.63) is 35.2 Å². The first-order valence-corrected chi connectivity index (χ1v) is 6.84. The van der Waals surface area contributed by atoms with E-state index in [9.17, 15) is 0 Å². The van der Waals surface area contributed by atoms with Gasteiger partial charge in [0.2, 0.25) is 0 Å². The Hall–Kier alpha value is -1.68. The van der Waals surface area contributed by atoms with Crippen LogP contribution in [-0.4, -0.2) is 9.97 Å². The highest BCUT2D eigenvalue weighted by atomic mass is 32.1. The van der Waals surface area contributed by atoms with Crippen LogP contribution < -0.4 is 0 Å². The van der Waals surface area contributed by atoms with Gasteiger partial charge in [-0.25, -0.2) is 9.97 Å². The average Bonchev–Trinajstić information content (AvgIpc) is 2.94. The van der Waals surface area contributed by atoms with E-state index in [4.69, 9.17) is 4.42 Å². The lowest BCUT2D eigenvalue weighted by atomic mass is 10.00. The predicted molar refractivity (Wildman–Crippen MR) is 73.9 cm³/mol. The number of hydrogen-bond donors (Lipinski definition) is 0. The third-order valence-corrected chi connectivity index (χ3v) is 3.76. The molecule has 0 spiro atoms. The van der Waals surface area contributed by atoms with Gasteiger partial charge in [-0.15, -0.1) is 11.3 Å². The molecular formula is C14H14N2OS. The van der Waals surface area contributed by atoms with Crippen molar-refractivity contribution in [1.82, 2.24) is 9.97 Å². The van der Waals surface area contributed by atoms with Crippen molar-refractivity contribution in [3.63, 3.8) is 0 Å². The molecule has 0 fully saturated rings. The molecule has 0 aliphatic rings. The van der Waals surface area contributed by atoms with Gasteiger partial charge in [0.15, 0.2) is 11.5 Å². The quantitative estimate of drug-likeness (QED) is 0.684. The minimum Gasteiger partial charge on any atom is -0.440 e. The maximum Gasteiger partial charge on any atom is 0.192 e. The number of benzene rings is 1. The average molecular weight is 258 g/mol. The summed E-state index contributed by atoms with van der Waals surface area (Å²) in [7, 11) is 0. The summed E-state index contributed by atoms with van der Waals surface area (Å²) in [6, 6.07) is 4.27. The van der Waals surface area contributed by atoms with E-state index in [-0.39, 0.29) is 0 Å². The number of thiazole rings is 1. The van der Waals surface area contributed by atoms with E-state index in [1.165, 1.54) is 5.56 Å². The summed E-state index contributed by atoms with van der Waals surface area (Å²) < 4.78 is 5.71. The molecule has 4 heteroatoms. The number of aryl methyl sites for hydroxylation is 1. The lowest BCUT2D eigenvalue weighted by Crippen LogP contribution is -1.89. The molecule has 0 amide bonds. The van der Waals surface area contributed by atoms with Crippen LogP contribution in [-0.2, 0) is 0 Å². The molecule has 18 heavy (non-hydrogen) atoms. The molecule has 2 aromatic heterocycles. The first-order valence-electron chi connectivity index (χ1n) is 5.96. The largest absolute Gasteiger partial charge is 0.440 e. The van der Waals surface area contributed by atoms with Gasteiger partial charge < -0.3 is 4.42 Å². The first kappa shape index (κ1) is 11.4. The molecular weight excluding hydrogens is 244 g/mol. The van der Waals surface area contributed by atoms with Crippen LogP contribution in [0.25, 0.3) is 21.7 Å². The highest BCUT2D eigenvalue weighted by Crippen LogP contribution is 2.33. The smallest absolute Gasteiger partial charge is 0.192 e. The zero-order chi connectivity index (χ0) is 12.7. The standard InChI is InChI=1S/C14H14N2OS/c1-8(2)10-6-11(14-15-4-5-18-14)13-12(7-10)16-9(3)17-13/h4-8H,1-3H3. The van der Waals surface area contributed by atoms with Gasteiger partial charge in [-0.2, -0.15) is 0 Å². The molecule has 3 aromatic rings. The number of hydrogen-bond acceptors (Lipinski definition) is 4. The number of fused-ring (bicyclic) bond motifs is 1. The maximum absolute atomic E-state index is 5.71. The topological polar surface area (TPSA) is 38.9 Å². The molecule has 0 saturated carbocycles. The van der Waals surface area contributed by atoms with Crippen LogP contribution in [0.2, 0.25) is 0 Å². The zero-order valence-electron chi connectivity index (χ0n) is 10.6. The summed E-state index contributed by atoms with van der Waals surface area (Å²) in [5, 5.41) is 2.96. The molecule has 0 aliphatic heterocycles. The fourth-order valence-corrected chi connectivity index (χ4v) is 2.67. The summed E-state index contributed by atoms with van der Waals surface area (Å²) in [5.74, 6) is 1.16. The normalized spacial score (nSPS) is 11.6. The third-order valence-electron chi connectivity index (χ3n) is 2.95. The van der Waals surface area contributed by atoms with E-state index in [1.807, 2.05) is 18.5 Å². The Bertz CT molecular complexity index is 683. The Kier molecular flexibility index (Phi) is 2.67. The molecule has 92 valence electrons. The minimum absolute atomic E-state index is 0.463. The fourth-order valence-electron chi connectivity index (χ4n) is 2.01. The van der Waals surface area contributed by atoms with Gasteiger partial charge in [0.25, 0.3) is 0 Å². The minimum atomic E-state index is 0.463. The van der Waals surface area contributed by atoms with Crippen molar-refractivity contribution in [3.8, 4) is 10.6 Å². The second kappa shape index (κ2) is 4.21. The molecule has 0 unspecified atom stereocenters. The predicted octanol–water partition coefficient (Wildman–Crippen LogP) is 4.38. The Morgan fingerprint density at radius 3 is 2.78 bits per heavy atom. The molecule has 3 nitrogen and oxygen atoms in total. The molecule has 0 aliphatic carbocycles. The molecule has 1 aromatic carbocycles. The first-order chi connectivity index (χ1) is 8.65. The number of rotatable bonds is 2. The summed E-state index contributed by atoms with van der Waals surface area (Å²) >= 11 is 1.62. The molecule has 2 heterocycles. The highest BCUT2D eigenvalue weighted by molar-refractivity contribution is 7.13. The second-order valence-electron chi connectivity index (χ2n) is 4.64. The van der Waals surface area contributed by atoms with E-state index in [0.29, 0.717) is 11.8 Å². The summed E-state index contributed by atoms with van der Waals surface area (Å²) in [4.78, 5) is 8.81. The third kappa shape index (κ3) is 1.82. The maximum atomic E-state index is 5.71. The van der Waals surface area contributed by atoms with Gasteiger partial charge in [0.05, 0.1) is 5.56 Å². The van der Waals surface area contributed by atoms with Gasteiger partial charge >= 0.3 is 0 Å². The van der Waals surface area contributed by atoms with Gasteiger partial charge in [0.1, 0.15) is 10.5 Å². The van der Waals surface area contributed by atoms with E-state index in [1.54, 1.807) is 11.3 Å². The van der Waals surface area contributed by atoms with Crippen LogP contribution >= 0.6 is 11.3 Å². The Morgan fingerprint density at radius 2 is 2.11 bits per heavy atom. The summed E-state index contributed by atoms with van der Waals surface area (Å²) in [6.07, 6.45) is 1.82. The van der Waals surface area contributed by atoms with Crippen molar-refractivity contribution < 1.29 is 4.42 Å². The molecule has 0 N–H and O–H groups in total. The lowest BCUT2D eigenvalue weighted by Gasteiger charge is -2.07. The fraction of sp³-hybridized carbons (Fsp3) is 0.286. The van der Waals surface area contributed by atoms with Crippen molar-refractivity contribution >= 4 is 22.4 Å². The van der Waals surface area contributed by atoms with Crippen LogP contribution in [0.5, 0.6) is 0 Å². The molecule has 0 radical (unpaired) electrons. The van der Waals surface area contributed by atoms with Crippen molar-refractivity contribution in [2.45, 2.75) is 26.7 Å². The SMILES string of the molecule is Cc1nc2cc(C(C)C)cc(-c3nccs3)c2o1. The van der Waals surface area contributed by atoms with Crippen LogP contribution in [0, 0.1) is 6.92 Å². The lowest BCUT2D eigenvalue weighted by molar-refractivity contribution is 0.562. The van der Waals surface area contributed by atoms with Crippen molar-refractivity contribution in [1.29, 1.82) is 0 Å². The second-order valence-corrected chi connectivity index (χ2v) is 5.54. The van der Waals surface area contributed by atoms with Crippen molar-refractivity contribution in [2.24, 2.45) is 0 Å². The Balaban J connectivity index is 2.33. The van der Waals surface area contributed by atoms with E-state index >= 15 is 0 Å². The van der Waals surface area contributed by atoms with Crippen molar-refractivity contribution in [2.75, 3.05) is 0 Å². The van der Waals surface area contributed by atoms with Gasteiger partial charge in [0, 0.05) is 18.5 Å². The Labute approximate surface area is 110 Å².